The van der Waals surface area contributed by atoms with Crippen LogP contribution in [0.15, 0.2) is 12.4 Å². The molecule has 1 atom stereocenters. The molecule has 5 nitrogen and oxygen atoms in total. The summed E-state index contributed by atoms with van der Waals surface area (Å²) in [6.07, 6.45) is 1.43. The third kappa shape index (κ3) is 3.25. The van der Waals surface area contributed by atoms with Gasteiger partial charge in [-0.1, -0.05) is 0 Å². The van der Waals surface area contributed by atoms with Crippen molar-refractivity contribution < 1.29 is 4.74 Å². The first-order valence-electron chi connectivity index (χ1n) is 4.05. The highest BCUT2D eigenvalue weighted by molar-refractivity contribution is 5.43. The molecule has 1 heterocycles. The van der Waals surface area contributed by atoms with Crippen LogP contribution in [-0.4, -0.2) is 29.7 Å². The van der Waals surface area contributed by atoms with Gasteiger partial charge in [0.05, 0.1) is 6.61 Å². The predicted molar refractivity (Wildman–Crippen MR) is 51.4 cm³/mol. The number of anilines is 2. The van der Waals surface area contributed by atoms with E-state index in [1.807, 2.05) is 6.92 Å². The molecule has 5 heteroatoms. The summed E-state index contributed by atoms with van der Waals surface area (Å²) in [6.45, 7) is 2.63. The van der Waals surface area contributed by atoms with Crippen LogP contribution in [0.5, 0.6) is 0 Å². The molecular formula is C8H14N4O. The second kappa shape index (κ2) is 4.61. The monoisotopic (exact) mass is 182 g/mol. The lowest BCUT2D eigenvalue weighted by Crippen LogP contribution is -2.21. The summed E-state index contributed by atoms with van der Waals surface area (Å²) < 4.78 is 4.97. The van der Waals surface area contributed by atoms with Crippen molar-refractivity contribution in [1.29, 1.82) is 0 Å². The van der Waals surface area contributed by atoms with Crippen LogP contribution in [0.1, 0.15) is 6.92 Å². The number of methoxy groups -OCH3 is 1. The Morgan fingerprint density at radius 3 is 3.00 bits per heavy atom. The average molecular weight is 182 g/mol. The second-order valence-electron chi connectivity index (χ2n) is 2.83. The largest absolute Gasteiger partial charge is 0.384 e. The Labute approximate surface area is 77.3 Å². The van der Waals surface area contributed by atoms with Crippen LogP contribution in [0.4, 0.5) is 11.6 Å². The van der Waals surface area contributed by atoms with Crippen molar-refractivity contribution in [2.75, 3.05) is 24.8 Å². The number of nitrogen functional groups attached to an aromatic ring is 1. The molecule has 1 aromatic rings. The number of hydrogen-bond donors (Lipinski definition) is 2. The van der Waals surface area contributed by atoms with Crippen LogP contribution in [0.3, 0.4) is 0 Å². The Hall–Kier alpha value is -1.36. The quantitative estimate of drug-likeness (QED) is 0.709. The Bertz CT molecular complexity index is 266. The number of hydrogen-bond acceptors (Lipinski definition) is 5. The maximum Gasteiger partial charge on any atom is 0.131 e. The molecule has 1 aromatic heterocycles. The van der Waals surface area contributed by atoms with E-state index in [1.54, 1.807) is 13.2 Å². The first-order chi connectivity index (χ1) is 6.22. The number of rotatable bonds is 4. The summed E-state index contributed by atoms with van der Waals surface area (Å²) in [4.78, 5) is 7.79. The van der Waals surface area contributed by atoms with Crippen LogP contribution in [-0.2, 0) is 4.74 Å². The van der Waals surface area contributed by atoms with Gasteiger partial charge in [0.2, 0.25) is 0 Å². The number of nitrogens with one attached hydrogen (secondary N) is 1. The Morgan fingerprint density at radius 2 is 2.38 bits per heavy atom. The molecule has 0 unspecified atom stereocenters. The fraction of sp³-hybridized carbons (Fsp3) is 0.500. The molecule has 0 aliphatic rings. The number of nitrogens with two attached hydrogens (primary N) is 1. The van der Waals surface area contributed by atoms with Crippen molar-refractivity contribution in [2.24, 2.45) is 0 Å². The van der Waals surface area contributed by atoms with Gasteiger partial charge >= 0.3 is 0 Å². The van der Waals surface area contributed by atoms with Gasteiger partial charge in [0.25, 0.3) is 0 Å². The van der Waals surface area contributed by atoms with Crippen molar-refractivity contribution in [2.45, 2.75) is 13.0 Å². The van der Waals surface area contributed by atoms with Gasteiger partial charge in [0.1, 0.15) is 18.0 Å². The molecule has 0 bridgehead atoms. The summed E-state index contributed by atoms with van der Waals surface area (Å²) in [6, 6.07) is 1.89. The molecule has 1 rings (SSSR count). The first-order valence-corrected chi connectivity index (χ1v) is 4.05. The standard InChI is InChI=1S/C8H14N4O/c1-6(4-13-2)12-8-3-7(9)10-5-11-8/h3,5-6H,4H2,1-2H3,(H3,9,10,11,12)/t6-/m0/s1. The van der Waals surface area contributed by atoms with Gasteiger partial charge in [-0.2, -0.15) is 0 Å². The van der Waals surface area contributed by atoms with Crippen molar-refractivity contribution in [1.82, 2.24) is 9.97 Å². The van der Waals surface area contributed by atoms with Gasteiger partial charge in [0, 0.05) is 19.2 Å². The van der Waals surface area contributed by atoms with Gasteiger partial charge in [-0.25, -0.2) is 9.97 Å². The molecule has 0 aliphatic heterocycles. The molecule has 0 saturated carbocycles. The van der Waals surface area contributed by atoms with E-state index in [2.05, 4.69) is 15.3 Å². The summed E-state index contributed by atoms with van der Waals surface area (Å²) >= 11 is 0. The maximum atomic E-state index is 5.49. The van der Waals surface area contributed by atoms with Crippen LogP contribution < -0.4 is 11.1 Å². The van der Waals surface area contributed by atoms with E-state index in [4.69, 9.17) is 10.5 Å². The minimum Gasteiger partial charge on any atom is -0.384 e. The topological polar surface area (TPSA) is 73.1 Å². The Balaban J connectivity index is 2.53. The fourth-order valence-electron chi connectivity index (χ4n) is 0.995. The highest BCUT2D eigenvalue weighted by atomic mass is 16.5. The smallest absolute Gasteiger partial charge is 0.131 e. The van der Waals surface area contributed by atoms with E-state index < -0.39 is 0 Å². The third-order valence-electron chi connectivity index (χ3n) is 1.50. The summed E-state index contributed by atoms with van der Waals surface area (Å²) in [5, 5.41) is 3.13. The number of ether oxygens (including phenoxy) is 1. The van der Waals surface area contributed by atoms with Crippen molar-refractivity contribution in [3.05, 3.63) is 12.4 Å². The van der Waals surface area contributed by atoms with Gasteiger partial charge < -0.3 is 15.8 Å². The van der Waals surface area contributed by atoms with Crippen LogP contribution in [0.25, 0.3) is 0 Å². The molecule has 0 aromatic carbocycles. The zero-order valence-electron chi connectivity index (χ0n) is 7.82. The van der Waals surface area contributed by atoms with Gasteiger partial charge in [-0.15, -0.1) is 0 Å². The van der Waals surface area contributed by atoms with Crippen LogP contribution in [0.2, 0.25) is 0 Å². The number of aromatic nitrogens is 2. The summed E-state index contributed by atoms with van der Waals surface area (Å²) in [7, 11) is 1.66. The molecule has 0 fully saturated rings. The normalized spacial score (nSPS) is 12.5. The second-order valence-corrected chi connectivity index (χ2v) is 2.83. The van der Waals surface area contributed by atoms with Crippen molar-refractivity contribution >= 4 is 11.6 Å². The Morgan fingerprint density at radius 1 is 1.62 bits per heavy atom. The lowest BCUT2D eigenvalue weighted by atomic mass is 10.3. The zero-order valence-corrected chi connectivity index (χ0v) is 7.82. The molecule has 0 saturated heterocycles. The summed E-state index contributed by atoms with van der Waals surface area (Å²) in [5.74, 6) is 1.18. The van der Waals surface area contributed by atoms with Crippen molar-refractivity contribution in [3.8, 4) is 0 Å². The van der Waals surface area contributed by atoms with E-state index >= 15 is 0 Å². The van der Waals surface area contributed by atoms with E-state index in [0.29, 0.717) is 12.4 Å². The molecule has 72 valence electrons. The highest BCUT2D eigenvalue weighted by Crippen LogP contribution is 2.06. The molecule has 0 spiro atoms. The van der Waals surface area contributed by atoms with Gasteiger partial charge in [0.15, 0.2) is 0 Å². The van der Waals surface area contributed by atoms with Gasteiger partial charge in [-0.05, 0) is 6.92 Å². The molecule has 0 amide bonds. The molecular weight excluding hydrogens is 168 g/mol. The van der Waals surface area contributed by atoms with E-state index in [1.165, 1.54) is 6.33 Å². The van der Waals surface area contributed by atoms with Crippen LogP contribution in [0, 0.1) is 0 Å². The minimum absolute atomic E-state index is 0.208. The third-order valence-corrected chi connectivity index (χ3v) is 1.50. The fourth-order valence-corrected chi connectivity index (χ4v) is 0.995. The molecule has 3 N–H and O–H groups in total. The van der Waals surface area contributed by atoms with Crippen molar-refractivity contribution in [3.63, 3.8) is 0 Å². The van der Waals surface area contributed by atoms with Gasteiger partial charge in [-0.3, -0.25) is 0 Å². The lowest BCUT2D eigenvalue weighted by molar-refractivity contribution is 0.190. The Kier molecular flexibility index (Phi) is 3.45. The first kappa shape index (κ1) is 9.73. The maximum absolute atomic E-state index is 5.49. The molecule has 0 aliphatic carbocycles. The highest BCUT2D eigenvalue weighted by Gasteiger charge is 2.01. The predicted octanol–water partition coefficient (Wildman–Crippen LogP) is 0.506. The van der Waals surface area contributed by atoms with E-state index in [-0.39, 0.29) is 6.04 Å². The lowest BCUT2D eigenvalue weighted by Gasteiger charge is -2.12. The average Bonchev–Trinajstić information content (AvgIpc) is 2.04. The summed E-state index contributed by atoms with van der Waals surface area (Å²) in [5.41, 5.74) is 5.49. The zero-order chi connectivity index (χ0) is 9.68. The molecule has 13 heavy (non-hydrogen) atoms. The van der Waals surface area contributed by atoms with E-state index in [0.717, 1.165) is 5.82 Å². The van der Waals surface area contributed by atoms with E-state index in [9.17, 15) is 0 Å². The van der Waals surface area contributed by atoms with Crippen LogP contribution >= 0.6 is 0 Å². The molecule has 0 radical (unpaired) electrons. The minimum atomic E-state index is 0.208. The SMILES string of the molecule is COC[C@H](C)Nc1cc(N)ncn1. The number of nitrogens with zero attached hydrogens (tertiary/aromatic N) is 2.